The van der Waals surface area contributed by atoms with Crippen molar-refractivity contribution in [2.75, 3.05) is 13.1 Å². The van der Waals surface area contributed by atoms with Crippen molar-refractivity contribution in [1.82, 2.24) is 24.1 Å². The fourth-order valence-electron chi connectivity index (χ4n) is 5.57. The molecule has 6 rings (SSSR count). The molecule has 1 aliphatic rings. The predicted molar refractivity (Wildman–Crippen MR) is 160 cm³/mol. The van der Waals surface area contributed by atoms with Crippen LogP contribution in [0.5, 0.6) is 0 Å². The van der Waals surface area contributed by atoms with E-state index < -0.39 is 10.0 Å². The van der Waals surface area contributed by atoms with Crippen molar-refractivity contribution >= 4 is 32.7 Å². The first-order valence-electron chi connectivity index (χ1n) is 13.6. The minimum absolute atomic E-state index is 0.235. The highest BCUT2D eigenvalue weighted by molar-refractivity contribution is 7.89. The number of rotatable bonds is 6. The highest BCUT2D eigenvalue weighted by Gasteiger charge is 2.32. The van der Waals surface area contributed by atoms with Crippen LogP contribution in [-0.4, -0.2) is 45.6 Å². The molecule has 0 bridgehead atoms. The summed E-state index contributed by atoms with van der Waals surface area (Å²) in [7, 11) is -3.69. The summed E-state index contributed by atoms with van der Waals surface area (Å²) >= 11 is 0. The van der Waals surface area contributed by atoms with Gasteiger partial charge in [-0.15, -0.1) is 0 Å². The largest absolute Gasteiger partial charge is 0.337 e. The van der Waals surface area contributed by atoms with Gasteiger partial charge in [0.2, 0.25) is 10.0 Å². The van der Waals surface area contributed by atoms with E-state index in [0.29, 0.717) is 53.1 Å². The van der Waals surface area contributed by atoms with Crippen molar-refractivity contribution in [2.45, 2.75) is 25.2 Å². The van der Waals surface area contributed by atoms with Gasteiger partial charge in [-0.05, 0) is 60.7 Å². The number of benzene rings is 3. The maximum atomic E-state index is 13.7. The van der Waals surface area contributed by atoms with Crippen LogP contribution in [0.2, 0.25) is 0 Å². The number of nitrogens with one attached hydrogen (secondary N) is 1. The standard InChI is InChI=1S/C32H30N6O2S/c1-22-15-23(2)20-37(19-22)41(39,40)28-12-8-9-24(17-28)31-26(21-38(36-31)27-10-4-3-5-11-27)16-25(18-33)32-34-29-13-6-7-14-30(29)35-32/h3-14,16-17,21-23H,15,19-20H2,1-2H3,(H,34,35). The van der Waals surface area contributed by atoms with E-state index in [1.165, 1.54) is 0 Å². The molecule has 0 radical (unpaired) electrons. The van der Waals surface area contributed by atoms with Crippen molar-refractivity contribution in [1.29, 1.82) is 5.26 Å². The molecule has 206 valence electrons. The van der Waals surface area contributed by atoms with Gasteiger partial charge in [-0.3, -0.25) is 0 Å². The number of sulfonamides is 1. The van der Waals surface area contributed by atoms with Crippen LogP contribution >= 0.6 is 0 Å². The quantitative estimate of drug-likeness (QED) is 0.250. The van der Waals surface area contributed by atoms with Crippen LogP contribution in [0.25, 0.3) is 39.6 Å². The number of nitrogens with zero attached hydrogens (tertiary/aromatic N) is 5. The number of imidazole rings is 1. The number of aromatic nitrogens is 4. The number of H-pyrrole nitrogens is 1. The molecule has 1 aliphatic heterocycles. The molecule has 9 heteroatoms. The van der Waals surface area contributed by atoms with Gasteiger partial charge in [0.15, 0.2) is 0 Å². The van der Waals surface area contributed by atoms with E-state index in [1.807, 2.05) is 66.9 Å². The summed E-state index contributed by atoms with van der Waals surface area (Å²) in [6, 6.07) is 26.5. The van der Waals surface area contributed by atoms with Crippen LogP contribution in [-0.2, 0) is 10.0 Å². The summed E-state index contributed by atoms with van der Waals surface area (Å²) in [6.45, 7) is 5.21. The average molecular weight is 563 g/mol. The van der Waals surface area contributed by atoms with Crippen LogP contribution in [0.1, 0.15) is 31.7 Å². The molecule has 1 saturated heterocycles. The van der Waals surface area contributed by atoms with E-state index in [-0.39, 0.29) is 4.90 Å². The third kappa shape index (κ3) is 5.32. The molecule has 3 heterocycles. The van der Waals surface area contributed by atoms with Crippen molar-refractivity contribution in [3.05, 3.63) is 96.4 Å². The highest BCUT2D eigenvalue weighted by atomic mass is 32.2. The SMILES string of the molecule is CC1CC(C)CN(S(=O)(=O)c2cccc(-c3nn(-c4ccccc4)cc3C=C(C#N)c3nc4ccccc4[nH]3)c2)C1. The van der Waals surface area contributed by atoms with Crippen LogP contribution in [0.3, 0.4) is 0 Å². The molecule has 41 heavy (non-hydrogen) atoms. The van der Waals surface area contributed by atoms with Crippen LogP contribution in [0.4, 0.5) is 0 Å². The molecule has 2 unspecified atom stereocenters. The topological polar surface area (TPSA) is 108 Å². The molecule has 0 saturated carbocycles. The number of allylic oxidation sites excluding steroid dienone is 1. The Kier molecular flexibility index (Phi) is 7.03. The predicted octanol–water partition coefficient (Wildman–Crippen LogP) is 6.15. The van der Waals surface area contributed by atoms with Gasteiger partial charge >= 0.3 is 0 Å². The van der Waals surface area contributed by atoms with Crippen molar-refractivity contribution in [2.24, 2.45) is 11.8 Å². The number of fused-ring (bicyclic) bond motifs is 1. The summed E-state index contributed by atoms with van der Waals surface area (Å²) in [4.78, 5) is 8.06. The second-order valence-electron chi connectivity index (χ2n) is 10.8. The number of nitriles is 1. The number of hydrogen-bond donors (Lipinski definition) is 1. The second kappa shape index (κ2) is 10.8. The van der Waals surface area contributed by atoms with Crippen LogP contribution in [0.15, 0.2) is 90.0 Å². The summed E-state index contributed by atoms with van der Waals surface area (Å²) in [5.41, 5.74) is 4.67. The summed E-state index contributed by atoms with van der Waals surface area (Å²) < 4.78 is 30.7. The molecule has 0 aliphatic carbocycles. The lowest BCUT2D eigenvalue weighted by Crippen LogP contribution is -2.42. The maximum Gasteiger partial charge on any atom is 0.243 e. The number of para-hydroxylation sites is 3. The maximum absolute atomic E-state index is 13.7. The minimum atomic E-state index is -3.69. The van der Waals surface area contributed by atoms with E-state index in [1.54, 1.807) is 33.3 Å². The van der Waals surface area contributed by atoms with Gasteiger partial charge in [-0.1, -0.05) is 56.3 Å². The molecule has 8 nitrogen and oxygen atoms in total. The van der Waals surface area contributed by atoms with E-state index in [0.717, 1.165) is 23.1 Å². The first-order valence-corrected chi connectivity index (χ1v) is 15.1. The van der Waals surface area contributed by atoms with Gasteiger partial charge in [0, 0.05) is 30.4 Å². The Labute approximate surface area is 239 Å². The first-order chi connectivity index (χ1) is 19.8. The Bertz CT molecular complexity index is 1860. The lowest BCUT2D eigenvalue weighted by atomic mass is 9.94. The lowest BCUT2D eigenvalue weighted by molar-refractivity contribution is 0.222. The lowest BCUT2D eigenvalue weighted by Gasteiger charge is -2.34. The molecule has 1 N–H and O–H groups in total. The molecular weight excluding hydrogens is 532 g/mol. The van der Waals surface area contributed by atoms with Gasteiger partial charge < -0.3 is 4.98 Å². The Morgan fingerprint density at radius 2 is 1.73 bits per heavy atom. The molecule has 2 aromatic heterocycles. The zero-order valence-electron chi connectivity index (χ0n) is 22.9. The molecule has 5 aromatic rings. The Morgan fingerprint density at radius 1 is 1.00 bits per heavy atom. The van der Waals surface area contributed by atoms with E-state index >= 15 is 0 Å². The van der Waals surface area contributed by atoms with Crippen LogP contribution < -0.4 is 0 Å². The fraction of sp³-hybridized carbons (Fsp3) is 0.219. The number of hydrogen-bond acceptors (Lipinski definition) is 5. The number of piperidine rings is 1. The third-order valence-corrected chi connectivity index (χ3v) is 9.24. The fourth-order valence-corrected chi connectivity index (χ4v) is 7.30. The average Bonchev–Trinajstić information content (AvgIpc) is 3.60. The van der Waals surface area contributed by atoms with Crippen molar-refractivity contribution < 1.29 is 8.42 Å². The van der Waals surface area contributed by atoms with Gasteiger partial charge in [0.05, 0.1) is 27.2 Å². The molecule has 0 amide bonds. The van der Waals surface area contributed by atoms with E-state index in [4.69, 9.17) is 5.10 Å². The molecular formula is C32H30N6O2S. The van der Waals surface area contributed by atoms with Gasteiger partial charge in [0.1, 0.15) is 17.6 Å². The second-order valence-corrected chi connectivity index (χ2v) is 12.7. The summed E-state index contributed by atoms with van der Waals surface area (Å²) in [5, 5.41) is 15.0. The van der Waals surface area contributed by atoms with E-state index in [9.17, 15) is 13.7 Å². The smallest absolute Gasteiger partial charge is 0.243 e. The normalized spacial score (nSPS) is 18.4. The van der Waals surface area contributed by atoms with Crippen molar-refractivity contribution in [3.8, 4) is 23.0 Å². The van der Waals surface area contributed by atoms with Crippen LogP contribution in [0, 0.1) is 23.2 Å². The molecule has 2 atom stereocenters. The first kappa shape index (κ1) is 26.7. The van der Waals surface area contributed by atoms with Gasteiger partial charge in [-0.2, -0.15) is 14.7 Å². The summed E-state index contributed by atoms with van der Waals surface area (Å²) in [6.07, 6.45) is 4.61. The highest BCUT2D eigenvalue weighted by Crippen LogP contribution is 2.32. The minimum Gasteiger partial charge on any atom is -0.337 e. The molecule has 3 aromatic carbocycles. The molecule has 0 spiro atoms. The zero-order valence-corrected chi connectivity index (χ0v) is 23.7. The number of aromatic amines is 1. The molecule has 1 fully saturated rings. The Balaban J connectivity index is 1.46. The Hall–Kier alpha value is -4.52. The van der Waals surface area contributed by atoms with Gasteiger partial charge in [-0.25, -0.2) is 18.1 Å². The summed E-state index contributed by atoms with van der Waals surface area (Å²) in [5.74, 6) is 1.06. The van der Waals surface area contributed by atoms with Crippen molar-refractivity contribution in [3.63, 3.8) is 0 Å². The zero-order chi connectivity index (χ0) is 28.6. The van der Waals surface area contributed by atoms with Gasteiger partial charge in [0.25, 0.3) is 0 Å². The Morgan fingerprint density at radius 3 is 2.46 bits per heavy atom. The monoisotopic (exact) mass is 562 g/mol. The van der Waals surface area contributed by atoms with E-state index in [2.05, 4.69) is 29.9 Å². The third-order valence-electron chi connectivity index (χ3n) is 7.41.